The van der Waals surface area contributed by atoms with Gasteiger partial charge in [0.15, 0.2) is 11.5 Å². The number of halogens is 1. The van der Waals surface area contributed by atoms with Gasteiger partial charge in [-0.2, -0.15) is 0 Å². The molecule has 0 aliphatic rings. The first kappa shape index (κ1) is 19.4. The van der Waals surface area contributed by atoms with Crippen LogP contribution >= 0.6 is 11.6 Å². The monoisotopic (exact) mass is 363 g/mol. The van der Waals surface area contributed by atoms with Gasteiger partial charge in [0, 0.05) is 6.54 Å². The van der Waals surface area contributed by atoms with Crippen LogP contribution in [0.4, 0.5) is 0 Å². The molecule has 0 unspecified atom stereocenters. The van der Waals surface area contributed by atoms with E-state index >= 15 is 0 Å². The van der Waals surface area contributed by atoms with Crippen LogP contribution in [0.3, 0.4) is 0 Å². The number of ether oxygens (including phenoxy) is 3. The summed E-state index contributed by atoms with van der Waals surface area (Å²) in [6, 6.07) is 9.89. The lowest BCUT2D eigenvalue weighted by molar-refractivity contribution is 0.210. The molecule has 0 bridgehead atoms. The summed E-state index contributed by atoms with van der Waals surface area (Å²) in [5.74, 6) is 2.38. The van der Waals surface area contributed by atoms with E-state index in [1.54, 1.807) is 13.2 Å². The Hall–Kier alpha value is -1.91. The van der Waals surface area contributed by atoms with Crippen LogP contribution in [-0.4, -0.2) is 20.3 Å². The number of hydrogen-bond donors (Lipinski definition) is 1. The van der Waals surface area contributed by atoms with Gasteiger partial charge < -0.3 is 19.9 Å². The predicted octanol–water partition coefficient (Wildman–Crippen LogP) is 4.70. The lowest BCUT2D eigenvalue weighted by atomic mass is 10.0. The maximum atomic E-state index is 6.27. The first-order valence-corrected chi connectivity index (χ1v) is 8.76. The molecule has 4 nitrogen and oxygen atoms in total. The van der Waals surface area contributed by atoms with Crippen LogP contribution in [0.5, 0.6) is 17.2 Å². The summed E-state index contributed by atoms with van der Waals surface area (Å²) >= 11 is 6.27. The smallest absolute Gasteiger partial charge is 0.179 e. The van der Waals surface area contributed by atoms with E-state index in [0.29, 0.717) is 42.2 Å². The standard InChI is InChI=1S/C20H26ClNO3/c1-13(2)16-6-5-14(3)9-18(16)24-7-8-25-20-17(21)10-15(12-22)11-19(20)23-4/h5-6,9-11,13H,7-8,12,22H2,1-4H3. The number of benzene rings is 2. The second kappa shape index (κ2) is 8.97. The van der Waals surface area contributed by atoms with Crippen molar-refractivity contribution in [3.63, 3.8) is 0 Å². The van der Waals surface area contributed by atoms with Crippen LogP contribution < -0.4 is 19.9 Å². The maximum Gasteiger partial charge on any atom is 0.179 e. The third kappa shape index (κ3) is 5.03. The Morgan fingerprint density at radius 3 is 2.40 bits per heavy atom. The molecule has 0 atom stereocenters. The molecule has 5 heteroatoms. The fourth-order valence-electron chi connectivity index (χ4n) is 2.57. The first-order chi connectivity index (χ1) is 12.0. The number of hydrogen-bond acceptors (Lipinski definition) is 4. The molecule has 0 heterocycles. The van der Waals surface area contributed by atoms with Crippen molar-refractivity contribution in [3.05, 3.63) is 52.0 Å². The van der Waals surface area contributed by atoms with Gasteiger partial charge in [-0.15, -0.1) is 0 Å². The fourth-order valence-corrected chi connectivity index (χ4v) is 2.86. The molecule has 0 saturated carbocycles. The van der Waals surface area contributed by atoms with Crippen molar-refractivity contribution in [1.82, 2.24) is 0 Å². The summed E-state index contributed by atoms with van der Waals surface area (Å²) in [5.41, 5.74) is 8.91. The van der Waals surface area contributed by atoms with E-state index in [2.05, 4.69) is 39.0 Å². The zero-order valence-electron chi connectivity index (χ0n) is 15.3. The molecule has 2 N–H and O–H groups in total. The molecular formula is C20H26ClNO3. The van der Waals surface area contributed by atoms with Gasteiger partial charge >= 0.3 is 0 Å². The van der Waals surface area contributed by atoms with Crippen molar-refractivity contribution in [3.8, 4) is 17.2 Å². The Morgan fingerprint density at radius 1 is 1.04 bits per heavy atom. The molecule has 25 heavy (non-hydrogen) atoms. The first-order valence-electron chi connectivity index (χ1n) is 8.38. The van der Waals surface area contributed by atoms with Crippen LogP contribution in [-0.2, 0) is 6.54 Å². The molecule has 2 aromatic carbocycles. The third-order valence-corrected chi connectivity index (χ3v) is 4.18. The Kier molecular flexibility index (Phi) is 6.97. The normalized spacial score (nSPS) is 10.8. The summed E-state index contributed by atoms with van der Waals surface area (Å²) in [6.07, 6.45) is 0. The van der Waals surface area contributed by atoms with Crippen LogP contribution in [0.15, 0.2) is 30.3 Å². The highest BCUT2D eigenvalue weighted by atomic mass is 35.5. The Balaban J connectivity index is 2.02. The lowest BCUT2D eigenvalue weighted by Gasteiger charge is -2.16. The Labute approximate surface area is 154 Å². The van der Waals surface area contributed by atoms with Crippen molar-refractivity contribution in [2.45, 2.75) is 33.2 Å². The number of rotatable bonds is 8. The lowest BCUT2D eigenvalue weighted by Crippen LogP contribution is -2.11. The predicted molar refractivity (Wildman–Crippen MR) is 102 cm³/mol. The number of nitrogens with two attached hydrogens (primary N) is 1. The van der Waals surface area contributed by atoms with Gasteiger partial charge in [0.05, 0.1) is 12.1 Å². The number of aryl methyl sites for hydroxylation is 1. The van der Waals surface area contributed by atoms with Gasteiger partial charge in [0.25, 0.3) is 0 Å². The second-order valence-electron chi connectivity index (χ2n) is 6.21. The SMILES string of the molecule is COc1cc(CN)cc(Cl)c1OCCOc1cc(C)ccc1C(C)C. The van der Waals surface area contributed by atoms with Gasteiger partial charge in [0.1, 0.15) is 19.0 Å². The average molecular weight is 364 g/mol. The molecule has 0 radical (unpaired) electrons. The molecule has 0 aromatic heterocycles. The van der Waals surface area contributed by atoms with Crippen LogP contribution in [0.2, 0.25) is 5.02 Å². The topological polar surface area (TPSA) is 53.7 Å². The summed E-state index contributed by atoms with van der Waals surface area (Å²) in [4.78, 5) is 0. The van der Waals surface area contributed by atoms with Gasteiger partial charge in [-0.05, 0) is 47.7 Å². The molecule has 0 fully saturated rings. The van der Waals surface area contributed by atoms with E-state index in [9.17, 15) is 0 Å². The van der Waals surface area contributed by atoms with Crippen LogP contribution in [0.25, 0.3) is 0 Å². The van der Waals surface area contributed by atoms with E-state index in [0.717, 1.165) is 11.3 Å². The van der Waals surface area contributed by atoms with E-state index in [1.807, 2.05) is 6.07 Å². The van der Waals surface area contributed by atoms with Crippen molar-refractivity contribution in [1.29, 1.82) is 0 Å². The Bertz CT molecular complexity index is 716. The molecule has 136 valence electrons. The Morgan fingerprint density at radius 2 is 1.76 bits per heavy atom. The number of methoxy groups -OCH3 is 1. The van der Waals surface area contributed by atoms with Crippen molar-refractivity contribution in [2.24, 2.45) is 5.73 Å². The molecule has 2 aromatic rings. The van der Waals surface area contributed by atoms with Gasteiger partial charge in [-0.3, -0.25) is 0 Å². The van der Waals surface area contributed by atoms with Crippen molar-refractivity contribution in [2.75, 3.05) is 20.3 Å². The second-order valence-corrected chi connectivity index (χ2v) is 6.61. The summed E-state index contributed by atoms with van der Waals surface area (Å²) in [7, 11) is 1.58. The largest absolute Gasteiger partial charge is 0.493 e. The molecule has 0 spiro atoms. The quantitative estimate of drug-likeness (QED) is 0.691. The third-order valence-electron chi connectivity index (χ3n) is 3.90. The molecule has 0 saturated heterocycles. The molecular weight excluding hydrogens is 338 g/mol. The minimum Gasteiger partial charge on any atom is -0.493 e. The average Bonchev–Trinajstić information content (AvgIpc) is 2.58. The highest BCUT2D eigenvalue weighted by Crippen LogP contribution is 2.36. The fraction of sp³-hybridized carbons (Fsp3) is 0.400. The molecule has 0 aliphatic carbocycles. The van der Waals surface area contributed by atoms with Gasteiger partial charge in [0.2, 0.25) is 0 Å². The molecule has 0 amide bonds. The summed E-state index contributed by atoms with van der Waals surface area (Å²) in [5, 5.41) is 0.484. The highest BCUT2D eigenvalue weighted by Gasteiger charge is 2.12. The van der Waals surface area contributed by atoms with Crippen molar-refractivity contribution >= 4 is 11.6 Å². The van der Waals surface area contributed by atoms with Crippen LogP contribution in [0, 0.1) is 6.92 Å². The summed E-state index contributed by atoms with van der Waals surface area (Å²) in [6.45, 7) is 7.53. The van der Waals surface area contributed by atoms with Crippen molar-refractivity contribution < 1.29 is 14.2 Å². The van der Waals surface area contributed by atoms with Crippen LogP contribution in [0.1, 0.15) is 36.5 Å². The van der Waals surface area contributed by atoms with E-state index in [-0.39, 0.29) is 0 Å². The van der Waals surface area contributed by atoms with Gasteiger partial charge in [-0.25, -0.2) is 0 Å². The van der Waals surface area contributed by atoms with E-state index in [4.69, 9.17) is 31.5 Å². The molecule has 2 rings (SSSR count). The van der Waals surface area contributed by atoms with Gasteiger partial charge in [-0.1, -0.05) is 37.6 Å². The zero-order chi connectivity index (χ0) is 18.4. The summed E-state index contributed by atoms with van der Waals surface area (Å²) < 4.78 is 17.1. The molecule has 0 aliphatic heterocycles. The minimum absolute atomic E-state index is 0.365. The maximum absolute atomic E-state index is 6.27. The van der Waals surface area contributed by atoms with E-state index < -0.39 is 0 Å². The minimum atomic E-state index is 0.365. The zero-order valence-corrected chi connectivity index (χ0v) is 16.0. The highest BCUT2D eigenvalue weighted by molar-refractivity contribution is 6.32. The van der Waals surface area contributed by atoms with E-state index in [1.165, 1.54) is 11.1 Å².